The topological polar surface area (TPSA) is 33.7 Å². The lowest BCUT2D eigenvalue weighted by molar-refractivity contribution is 0.0755. The molecule has 0 amide bonds. The summed E-state index contributed by atoms with van der Waals surface area (Å²) >= 11 is 6.13. The molecule has 0 bridgehead atoms. The third kappa shape index (κ3) is 3.62. The third-order valence-electron chi connectivity index (χ3n) is 4.36. The van der Waals surface area contributed by atoms with E-state index >= 15 is 0 Å². The summed E-state index contributed by atoms with van der Waals surface area (Å²) in [7, 11) is 1.71. The van der Waals surface area contributed by atoms with Gasteiger partial charge in [-0.2, -0.15) is 0 Å². The van der Waals surface area contributed by atoms with Crippen LogP contribution >= 0.6 is 11.6 Å². The largest absolute Gasteiger partial charge is 0.495 e. The fraction of sp³-hybridized carbons (Fsp3) is 0.625. The fourth-order valence-electron chi connectivity index (χ4n) is 3.22. The van der Waals surface area contributed by atoms with Crippen LogP contribution in [0.4, 0.5) is 5.69 Å². The summed E-state index contributed by atoms with van der Waals surface area (Å²) in [6, 6.07) is 6.95. The number of nitrogens with zero attached hydrogens (tertiary/aromatic N) is 1. The highest BCUT2D eigenvalue weighted by Gasteiger charge is 2.27. The Bertz CT molecular complexity index is 477. The molecule has 0 radical (unpaired) electrons. The highest BCUT2D eigenvalue weighted by Crippen LogP contribution is 2.33. The smallest absolute Gasteiger partial charge is 0.142 e. The van der Waals surface area contributed by atoms with E-state index in [-0.39, 0.29) is 0 Å². The molecule has 0 saturated carbocycles. The summed E-state index contributed by atoms with van der Waals surface area (Å²) < 4.78 is 10.9. The van der Waals surface area contributed by atoms with Gasteiger partial charge in [-0.05, 0) is 37.5 Å². The molecule has 0 aliphatic carbocycles. The highest BCUT2D eigenvalue weighted by molar-refractivity contribution is 6.30. The Morgan fingerprint density at radius 2 is 2.05 bits per heavy atom. The van der Waals surface area contributed by atoms with Gasteiger partial charge in [0.25, 0.3) is 0 Å². The average molecular weight is 311 g/mol. The second-order valence-electron chi connectivity index (χ2n) is 5.80. The first kappa shape index (κ1) is 14.9. The number of ether oxygens (including phenoxy) is 2. The van der Waals surface area contributed by atoms with Gasteiger partial charge in [-0.1, -0.05) is 11.6 Å². The molecule has 0 unspecified atom stereocenters. The summed E-state index contributed by atoms with van der Waals surface area (Å²) in [6.45, 7) is 3.82. The summed E-state index contributed by atoms with van der Waals surface area (Å²) in [5, 5.41) is 4.53. The first-order valence-corrected chi connectivity index (χ1v) is 8.06. The second kappa shape index (κ2) is 6.86. The van der Waals surface area contributed by atoms with Gasteiger partial charge < -0.3 is 19.7 Å². The van der Waals surface area contributed by atoms with E-state index in [0.717, 1.165) is 62.0 Å². The van der Waals surface area contributed by atoms with Gasteiger partial charge in [0.2, 0.25) is 0 Å². The molecule has 2 saturated heterocycles. The van der Waals surface area contributed by atoms with E-state index in [1.54, 1.807) is 7.11 Å². The Hall–Kier alpha value is -0.970. The lowest BCUT2D eigenvalue weighted by atomic mass is 10.1. The van der Waals surface area contributed by atoms with Crippen molar-refractivity contribution in [2.24, 2.45) is 0 Å². The van der Waals surface area contributed by atoms with Crippen molar-refractivity contribution in [1.29, 1.82) is 0 Å². The van der Waals surface area contributed by atoms with Gasteiger partial charge in [0, 0.05) is 43.4 Å². The molecule has 2 fully saturated rings. The van der Waals surface area contributed by atoms with Crippen LogP contribution in [0.3, 0.4) is 0 Å². The van der Waals surface area contributed by atoms with E-state index in [4.69, 9.17) is 21.1 Å². The molecule has 2 aliphatic heterocycles. The van der Waals surface area contributed by atoms with E-state index in [1.807, 2.05) is 18.2 Å². The van der Waals surface area contributed by atoms with E-state index in [0.29, 0.717) is 12.1 Å². The number of hydrogen-bond acceptors (Lipinski definition) is 4. The molecule has 1 N–H and O–H groups in total. The van der Waals surface area contributed by atoms with Crippen LogP contribution in [0.5, 0.6) is 5.75 Å². The molecule has 1 atom stereocenters. The minimum Gasteiger partial charge on any atom is -0.495 e. The Kier molecular flexibility index (Phi) is 4.88. The van der Waals surface area contributed by atoms with Crippen LogP contribution in [0.15, 0.2) is 18.2 Å². The van der Waals surface area contributed by atoms with Crippen molar-refractivity contribution in [3.8, 4) is 5.75 Å². The van der Waals surface area contributed by atoms with Gasteiger partial charge in [-0.15, -0.1) is 0 Å². The minimum absolute atomic E-state index is 0.539. The first-order valence-electron chi connectivity index (χ1n) is 7.68. The Balaban J connectivity index is 1.62. The quantitative estimate of drug-likeness (QED) is 0.927. The van der Waals surface area contributed by atoms with Crippen LogP contribution < -0.4 is 15.0 Å². The molecule has 21 heavy (non-hydrogen) atoms. The maximum atomic E-state index is 6.13. The average Bonchev–Trinajstić information content (AvgIpc) is 2.96. The zero-order chi connectivity index (χ0) is 14.7. The van der Waals surface area contributed by atoms with Crippen LogP contribution in [0.25, 0.3) is 0 Å². The third-order valence-corrected chi connectivity index (χ3v) is 4.60. The molecule has 116 valence electrons. The number of hydrogen-bond donors (Lipinski definition) is 1. The number of rotatable bonds is 4. The van der Waals surface area contributed by atoms with Crippen LogP contribution in [-0.2, 0) is 4.74 Å². The first-order chi connectivity index (χ1) is 10.3. The lowest BCUT2D eigenvalue weighted by Gasteiger charge is -2.27. The van der Waals surface area contributed by atoms with Gasteiger partial charge in [0.05, 0.1) is 12.8 Å². The van der Waals surface area contributed by atoms with Crippen LogP contribution in [0.2, 0.25) is 5.02 Å². The number of anilines is 1. The number of nitrogens with one attached hydrogen (secondary N) is 1. The molecule has 4 nitrogen and oxygen atoms in total. The van der Waals surface area contributed by atoms with Crippen LogP contribution in [-0.4, -0.2) is 45.5 Å². The number of halogens is 1. The molecule has 2 heterocycles. The zero-order valence-corrected chi connectivity index (χ0v) is 13.2. The van der Waals surface area contributed by atoms with Crippen molar-refractivity contribution in [1.82, 2.24) is 5.32 Å². The maximum Gasteiger partial charge on any atom is 0.142 e. The van der Waals surface area contributed by atoms with Crippen molar-refractivity contribution >= 4 is 17.3 Å². The van der Waals surface area contributed by atoms with Gasteiger partial charge in [0.1, 0.15) is 5.75 Å². The fourth-order valence-corrected chi connectivity index (χ4v) is 3.39. The molecule has 5 heteroatoms. The van der Waals surface area contributed by atoms with E-state index < -0.39 is 0 Å². The summed E-state index contributed by atoms with van der Waals surface area (Å²) in [5.41, 5.74) is 1.10. The molecule has 0 aromatic heterocycles. The molecule has 1 aromatic carbocycles. The van der Waals surface area contributed by atoms with Crippen molar-refractivity contribution in [3.63, 3.8) is 0 Å². The molecule has 1 aromatic rings. The molecule has 2 aliphatic rings. The summed E-state index contributed by atoms with van der Waals surface area (Å²) in [6.07, 6.45) is 3.40. The Labute approximate surface area is 131 Å². The Morgan fingerprint density at radius 1 is 1.24 bits per heavy atom. The molecule has 3 rings (SSSR count). The standard InChI is InChI=1S/C16H23ClN2O2/c1-20-16-3-2-12(17)10-15(16)19-7-4-14(11-19)18-13-5-8-21-9-6-13/h2-3,10,13-14,18H,4-9,11H2,1H3/t14-/m1/s1. The van der Waals surface area contributed by atoms with E-state index in [1.165, 1.54) is 0 Å². The van der Waals surface area contributed by atoms with Crippen molar-refractivity contribution in [2.45, 2.75) is 31.3 Å². The Morgan fingerprint density at radius 3 is 2.81 bits per heavy atom. The van der Waals surface area contributed by atoms with Gasteiger partial charge in [-0.3, -0.25) is 0 Å². The normalized spacial score (nSPS) is 23.5. The van der Waals surface area contributed by atoms with Crippen molar-refractivity contribution in [3.05, 3.63) is 23.2 Å². The number of methoxy groups -OCH3 is 1. The minimum atomic E-state index is 0.539. The zero-order valence-electron chi connectivity index (χ0n) is 12.5. The highest BCUT2D eigenvalue weighted by atomic mass is 35.5. The van der Waals surface area contributed by atoms with Crippen molar-refractivity contribution in [2.75, 3.05) is 38.3 Å². The summed E-state index contributed by atoms with van der Waals surface area (Å²) in [5.74, 6) is 0.895. The van der Waals surface area contributed by atoms with Crippen molar-refractivity contribution < 1.29 is 9.47 Å². The second-order valence-corrected chi connectivity index (χ2v) is 6.24. The van der Waals surface area contributed by atoms with Gasteiger partial charge in [-0.25, -0.2) is 0 Å². The monoisotopic (exact) mass is 310 g/mol. The molecular formula is C16H23ClN2O2. The van der Waals surface area contributed by atoms with E-state index in [2.05, 4.69) is 10.2 Å². The predicted molar refractivity (Wildman–Crippen MR) is 85.6 cm³/mol. The molecule has 0 spiro atoms. The predicted octanol–water partition coefficient (Wildman–Crippen LogP) is 2.70. The molecular weight excluding hydrogens is 288 g/mol. The number of benzene rings is 1. The van der Waals surface area contributed by atoms with Gasteiger partial charge in [0.15, 0.2) is 0 Å². The SMILES string of the molecule is COc1ccc(Cl)cc1N1CC[C@@H](NC2CCOCC2)C1. The summed E-state index contributed by atoms with van der Waals surface area (Å²) in [4.78, 5) is 2.36. The maximum absolute atomic E-state index is 6.13. The van der Waals surface area contributed by atoms with E-state index in [9.17, 15) is 0 Å². The van der Waals surface area contributed by atoms with Crippen LogP contribution in [0, 0.1) is 0 Å². The lowest BCUT2D eigenvalue weighted by Crippen LogP contribution is -2.43. The van der Waals surface area contributed by atoms with Crippen LogP contribution in [0.1, 0.15) is 19.3 Å². The van der Waals surface area contributed by atoms with Gasteiger partial charge >= 0.3 is 0 Å².